The lowest BCUT2D eigenvalue weighted by Crippen LogP contribution is -2.32. The number of anilines is 2. The summed E-state index contributed by atoms with van der Waals surface area (Å²) in [4.78, 5) is 30.8. The van der Waals surface area contributed by atoms with Crippen LogP contribution in [-0.4, -0.2) is 82.9 Å². The summed E-state index contributed by atoms with van der Waals surface area (Å²) < 4.78 is 79.4. The van der Waals surface area contributed by atoms with Crippen LogP contribution in [-0.2, 0) is 36.7 Å². The van der Waals surface area contributed by atoms with Crippen LogP contribution < -0.4 is 17.0 Å². The number of aromatic amines is 1. The lowest BCUT2D eigenvalue weighted by Gasteiger charge is -2.26. The third-order valence-electron chi connectivity index (χ3n) is 7.20. The molecule has 0 amide bonds. The highest BCUT2D eigenvalue weighted by Gasteiger charge is 2.52. The number of ether oxygens (including phenoxy) is 2. The summed E-state index contributed by atoms with van der Waals surface area (Å²) in [7, 11) is 0. The van der Waals surface area contributed by atoms with Crippen LogP contribution in [0.15, 0.2) is 23.6 Å². The Morgan fingerprint density at radius 2 is 1.75 bits per heavy atom. The minimum Gasteiger partial charge on any atom is -0.381 e. The number of nitrogen functional groups attached to an aromatic ring is 2. The molecule has 44 heavy (non-hydrogen) atoms. The molecule has 2 unspecified atom stereocenters. The number of nitrogens with two attached hydrogens (primary N) is 2. The van der Waals surface area contributed by atoms with Gasteiger partial charge in [-0.15, -0.1) is 0 Å². The summed E-state index contributed by atoms with van der Waals surface area (Å²) >= 11 is 8.14. The zero-order valence-corrected chi connectivity index (χ0v) is 25.6. The zero-order chi connectivity index (χ0) is 31.0. The average molecular weight is 693 g/mol. The highest BCUT2D eigenvalue weighted by molar-refractivity contribution is 8.44. The van der Waals surface area contributed by atoms with E-state index < -0.39 is 75.3 Å². The fraction of sp³-hybridized carbons (Fsp3) is 0.500. The molecule has 2 bridgehead atoms. The molecule has 9 atom stereocenters. The number of thiol groups is 2. The highest BCUT2D eigenvalue weighted by Crippen LogP contribution is 2.60. The Kier molecular flexibility index (Phi) is 7.51. The van der Waals surface area contributed by atoms with Crippen molar-refractivity contribution in [3.63, 3.8) is 0 Å². The SMILES string of the molecule is Nc1nc2c(ncn2[C@@H]2OC3CO[P@](=O)(S)O[C@H]4C[C@H](c5cnc6c(N)ncnn56)O[C@@H]4COP(=O)(S)O[C@@H]2[C@@H]3F)c(=O)[nH]1. The molecule has 0 radical (unpaired) electrons. The monoisotopic (exact) mass is 692 g/mol. The Hall–Kier alpha value is -2.65. The molecule has 236 valence electrons. The van der Waals surface area contributed by atoms with E-state index in [9.17, 15) is 13.9 Å². The zero-order valence-electron chi connectivity index (χ0n) is 22.0. The van der Waals surface area contributed by atoms with E-state index in [4.69, 9.17) is 39.0 Å². The van der Waals surface area contributed by atoms with E-state index in [2.05, 4.69) is 54.5 Å². The first-order chi connectivity index (χ1) is 20.9. The first kappa shape index (κ1) is 30.0. The average Bonchev–Trinajstić information content (AvgIpc) is 3.72. The quantitative estimate of drug-likeness (QED) is 0.147. The van der Waals surface area contributed by atoms with Crippen molar-refractivity contribution in [3.05, 3.63) is 34.9 Å². The normalized spacial score (nSPS) is 36.6. The number of nitrogens with zero attached hydrogens (tertiary/aromatic N) is 7. The highest BCUT2D eigenvalue weighted by atomic mass is 32.7. The molecular formula is C20H23FN10O9P2S2. The second kappa shape index (κ2) is 11.0. The van der Waals surface area contributed by atoms with Crippen LogP contribution >= 0.6 is 38.1 Å². The maximum atomic E-state index is 15.8. The number of halogens is 1. The molecule has 0 aromatic carbocycles. The van der Waals surface area contributed by atoms with Crippen LogP contribution in [0.2, 0.25) is 0 Å². The van der Waals surface area contributed by atoms with Crippen molar-refractivity contribution < 1.29 is 41.1 Å². The summed E-state index contributed by atoms with van der Waals surface area (Å²) in [5.41, 5.74) is 11.5. The minimum atomic E-state index is -4.35. The summed E-state index contributed by atoms with van der Waals surface area (Å²) in [5, 5.41) is 4.16. The maximum Gasteiger partial charge on any atom is 0.386 e. The van der Waals surface area contributed by atoms with E-state index in [1.54, 1.807) is 0 Å². The number of rotatable bonds is 2. The number of aromatic nitrogens is 8. The van der Waals surface area contributed by atoms with E-state index in [-0.39, 0.29) is 29.4 Å². The molecule has 4 aromatic rings. The van der Waals surface area contributed by atoms with Crippen molar-refractivity contribution in [2.45, 2.75) is 49.3 Å². The molecule has 0 spiro atoms. The van der Waals surface area contributed by atoms with Crippen molar-refractivity contribution in [1.29, 1.82) is 0 Å². The summed E-state index contributed by atoms with van der Waals surface area (Å²) in [5.74, 6) is -0.0944. The first-order valence-electron chi connectivity index (χ1n) is 12.8. The number of fused-ring (bicyclic) bond motifs is 5. The smallest absolute Gasteiger partial charge is 0.381 e. The maximum absolute atomic E-state index is 15.8. The van der Waals surface area contributed by atoms with Gasteiger partial charge in [-0.25, -0.2) is 33.0 Å². The van der Waals surface area contributed by atoms with Gasteiger partial charge >= 0.3 is 13.6 Å². The van der Waals surface area contributed by atoms with Crippen LogP contribution in [0.25, 0.3) is 16.8 Å². The van der Waals surface area contributed by atoms with Gasteiger partial charge in [0.1, 0.15) is 30.7 Å². The van der Waals surface area contributed by atoms with Gasteiger partial charge in [0.05, 0.1) is 37.5 Å². The molecule has 0 aliphatic carbocycles. The fourth-order valence-electron chi connectivity index (χ4n) is 5.25. The van der Waals surface area contributed by atoms with Crippen molar-refractivity contribution >= 4 is 66.7 Å². The number of H-pyrrole nitrogens is 1. The van der Waals surface area contributed by atoms with Crippen LogP contribution in [0.4, 0.5) is 16.2 Å². The molecule has 0 saturated carbocycles. The van der Waals surface area contributed by atoms with Gasteiger partial charge in [-0.2, -0.15) is 10.1 Å². The van der Waals surface area contributed by atoms with E-state index >= 15 is 4.39 Å². The third kappa shape index (κ3) is 5.42. The molecule has 3 saturated heterocycles. The molecule has 7 rings (SSSR count). The number of alkyl halides is 1. The lowest BCUT2D eigenvalue weighted by atomic mass is 10.1. The third-order valence-corrected chi connectivity index (χ3v) is 10.5. The van der Waals surface area contributed by atoms with Gasteiger partial charge in [-0.3, -0.25) is 32.4 Å². The van der Waals surface area contributed by atoms with Crippen molar-refractivity contribution in [3.8, 4) is 0 Å². The van der Waals surface area contributed by atoms with E-state index in [0.29, 0.717) is 11.3 Å². The minimum absolute atomic E-state index is 0.0643. The Balaban J connectivity index is 1.19. The van der Waals surface area contributed by atoms with Crippen LogP contribution in [0.1, 0.15) is 24.4 Å². The number of imidazole rings is 2. The Morgan fingerprint density at radius 1 is 1.00 bits per heavy atom. The second-order valence-electron chi connectivity index (χ2n) is 9.99. The molecule has 24 heteroatoms. The van der Waals surface area contributed by atoms with Crippen molar-refractivity contribution in [2.75, 3.05) is 24.7 Å². The largest absolute Gasteiger partial charge is 0.386 e. The topological polar surface area (TPSA) is 248 Å². The molecule has 3 fully saturated rings. The molecule has 5 N–H and O–H groups in total. The van der Waals surface area contributed by atoms with Gasteiger partial charge in [-0.05, 0) is 0 Å². The van der Waals surface area contributed by atoms with Gasteiger partial charge in [0.25, 0.3) is 5.56 Å². The standard InChI is InChI=1S/C20H23FN10O9P2S2/c21-12-11-4-36-41(33,43)39-9-1-8(7-2-24-17-15(22)25-5-27-31(7)17)37-10(9)3-35-42(34,44)40-14(12)19(38-11)30-6-26-13-16(30)28-20(23)29-18(13)32/h2,5-6,8-12,14,19H,1,3-4H2,(H,33,43)(H,34,44)(H2,22,25,27)(H3,23,28,29,32)/t8-,9+,10-,11?,12-,14-,19-,41+,42?/m1/s1. The second-order valence-corrected chi connectivity index (χ2v) is 15.7. The Morgan fingerprint density at radius 3 is 2.55 bits per heavy atom. The molecule has 4 aromatic heterocycles. The number of nitrogens with one attached hydrogen (secondary N) is 1. The Labute approximate surface area is 255 Å². The Bertz CT molecular complexity index is 1910. The van der Waals surface area contributed by atoms with E-state index in [1.807, 2.05) is 0 Å². The lowest BCUT2D eigenvalue weighted by molar-refractivity contribution is -0.0519. The summed E-state index contributed by atoms with van der Waals surface area (Å²) in [6.07, 6.45) is -5.24. The van der Waals surface area contributed by atoms with Crippen LogP contribution in [0.3, 0.4) is 0 Å². The van der Waals surface area contributed by atoms with E-state index in [0.717, 1.165) is 6.33 Å². The van der Waals surface area contributed by atoms with Crippen molar-refractivity contribution in [2.24, 2.45) is 0 Å². The predicted octanol–water partition coefficient (Wildman–Crippen LogP) is 1.38. The molecule has 7 heterocycles. The predicted molar refractivity (Wildman–Crippen MR) is 154 cm³/mol. The van der Waals surface area contributed by atoms with Gasteiger partial charge in [-0.1, -0.05) is 24.5 Å². The van der Waals surface area contributed by atoms with E-state index in [1.165, 1.54) is 21.6 Å². The number of hydrogen-bond donors (Lipinski definition) is 5. The number of hydrogen-bond acceptors (Lipinski definition) is 16. The molecule has 3 aliphatic heterocycles. The van der Waals surface area contributed by atoms with Crippen LogP contribution in [0.5, 0.6) is 0 Å². The van der Waals surface area contributed by atoms with Gasteiger partial charge in [0, 0.05) is 6.42 Å². The van der Waals surface area contributed by atoms with Gasteiger partial charge < -0.3 is 20.9 Å². The van der Waals surface area contributed by atoms with Crippen LogP contribution in [0, 0.1) is 0 Å². The summed E-state index contributed by atoms with van der Waals surface area (Å²) in [6, 6.07) is 0. The first-order valence-corrected chi connectivity index (χ1v) is 18.2. The fourth-order valence-corrected chi connectivity index (χ4v) is 8.23. The molecule has 19 nitrogen and oxygen atoms in total. The molecule has 3 aliphatic rings. The van der Waals surface area contributed by atoms with Gasteiger partial charge in [0.2, 0.25) is 5.95 Å². The van der Waals surface area contributed by atoms with Crippen molar-refractivity contribution in [1.82, 2.24) is 39.1 Å². The summed E-state index contributed by atoms with van der Waals surface area (Å²) in [6.45, 7) is -9.61. The van der Waals surface area contributed by atoms with Gasteiger partial charge in [0.15, 0.2) is 35.0 Å². The molecular weight excluding hydrogens is 669 g/mol.